The molecule has 1 fully saturated rings. The normalized spacial score (nSPS) is 20.8. The summed E-state index contributed by atoms with van der Waals surface area (Å²) in [5.41, 5.74) is 0.495. The largest absolute Gasteiger partial charge is 0.481 e. The van der Waals surface area contributed by atoms with E-state index in [1.165, 1.54) is 24.3 Å². The Hall–Kier alpha value is -1.99. The Kier molecular flexibility index (Phi) is 8.86. The number of unbranched alkanes of at least 4 members (excludes halogenated alkanes) is 1. The van der Waals surface area contributed by atoms with E-state index < -0.39 is 21.8 Å². The van der Waals surface area contributed by atoms with E-state index in [0.717, 1.165) is 37.5 Å². The number of sulfonamides is 1. The fraction of sp³-hybridized carbons (Fsp3) is 0.476. The summed E-state index contributed by atoms with van der Waals surface area (Å²) in [6.07, 6.45) is 11.5. The molecule has 2 unspecified atom stereocenters. The average Bonchev–Trinajstić information content (AvgIpc) is 2.64. The first-order valence-corrected chi connectivity index (χ1v) is 11.2. The summed E-state index contributed by atoms with van der Waals surface area (Å²) >= 11 is 0. The second kappa shape index (κ2) is 11.1. The zero-order valence-electron chi connectivity index (χ0n) is 15.9. The van der Waals surface area contributed by atoms with Gasteiger partial charge in [0.15, 0.2) is 0 Å². The number of halogens is 1. The number of benzene rings is 1. The van der Waals surface area contributed by atoms with Crippen molar-refractivity contribution in [2.75, 3.05) is 0 Å². The van der Waals surface area contributed by atoms with Crippen molar-refractivity contribution in [3.63, 3.8) is 0 Å². The summed E-state index contributed by atoms with van der Waals surface area (Å²) in [6, 6.07) is 5.65. The third-order valence-corrected chi connectivity index (χ3v) is 6.01. The minimum Gasteiger partial charge on any atom is -0.481 e. The second-order valence-corrected chi connectivity index (χ2v) is 8.76. The summed E-state index contributed by atoms with van der Waals surface area (Å²) in [7, 11) is -3.62. The molecular weight excluding hydrogens is 381 g/mol. The molecule has 1 aliphatic rings. The van der Waals surface area contributed by atoms with Crippen molar-refractivity contribution in [3.8, 4) is 0 Å². The van der Waals surface area contributed by atoms with Crippen LogP contribution in [-0.4, -0.2) is 25.5 Å². The Labute approximate surface area is 166 Å². The number of carbonyl (C=O) groups is 1. The molecule has 2 N–H and O–H groups in total. The molecule has 0 amide bonds. The van der Waals surface area contributed by atoms with E-state index in [-0.39, 0.29) is 18.4 Å². The third kappa shape index (κ3) is 8.35. The van der Waals surface area contributed by atoms with Crippen LogP contribution in [-0.2, 0) is 14.8 Å². The van der Waals surface area contributed by atoms with Crippen LogP contribution in [0, 0.1) is 11.7 Å². The number of carboxylic acids is 1. The summed E-state index contributed by atoms with van der Waals surface area (Å²) in [4.78, 5) is 10.5. The van der Waals surface area contributed by atoms with Crippen molar-refractivity contribution >= 4 is 22.1 Å². The molecule has 1 aromatic carbocycles. The Bertz CT molecular complexity index is 804. The van der Waals surface area contributed by atoms with Gasteiger partial charge in [0.1, 0.15) is 5.82 Å². The lowest BCUT2D eigenvalue weighted by Gasteiger charge is -2.31. The molecule has 28 heavy (non-hydrogen) atoms. The van der Waals surface area contributed by atoms with Gasteiger partial charge in [-0.1, -0.05) is 37.1 Å². The fourth-order valence-electron chi connectivity index (χ4n) is 3.43. The summed E-state index contributed by atoms with van der Waals surface area (Å²) in [6.45, 7) is 0. The van der Waals surface area contributed by atoms with Gasteiger partial charge in [-0.2, -0.15) is 0 Å². The minimum atomic E-state index is -3.62. The van der Waals surface area contributed by atoms with Gasteiger partial charge in [-0.3, -0.25) is 4.79 Å². The zero-order chi connectivity index (χ0) is 20.4. The predicted octanol–water partition coefficient (Wildman–Crippen LogP) is 4.48. The number of nitrogens with one attached hydrogen (secondary N) is 1. The van der Waals surface area contributed by atoms with Crippen LogP contribution in [0.5, 0.6) is 0 Å². The van der Waals surface area contributed by atoms with Gasteiger partial charge < -0.3 is 5.11 Å². The van der Waals surface area contributed by atoms with Crippen molar-refractivity contribution < 1.29 is 22.7 Å². The van der Waals surface area contributed by atoms with Crippen LogP contribution in [0.25, 0.3) is 6.08 Å². The molecule has 0 aliphatic heterocycles. The smallest absolute Gasteiger partial charge is 0.303 e. The highest BCUT2D eigenvalue weighted by Crippen LogP contribution is 2.28. The number of hydrogen-bond donors (Lipinski definition) is 2. The highest BCUT2D eigenvalue weighted by molar-refractivity contribution is 7.92. The maximum atomic E-state index is 13.2. The Balaban J connectivity index is 1.89. The standard InChI is InChI=1S/C21H28FNO4S/c22-19-11-7-8-17(16-19)14-15-28(26,27)23-20-12-6-5-10-18(20)9-3-1-2-4-13-21(24)25/h1,3,7-8,11,14-16,18,20,23H,2,4-6,9-10,12-13H2,(H,24,25)/b3-1+,15-14+. The van der Waals surface area contributed by atoms with Crippen molar-refractivity contribution in [1.82, 2.24) is 4.72 Å². The maximum Gasteiger partial charge on any atom is 0.303 e. The minimum absolute atomic E-state index is 0.125. The SMILES string of the molecule is O=C(O)CCC/C=C/CC1CCCCC1NS(=O)(=O)/C=C/c1cccc(F)c1. The first-order valence-electron chi connectivity index (χ1n) is 9.68. The van der Waals surface area contributed by atoms with Crippen molar-refractivity contribution in [1.29, 1.82) is 0 Å². The highest BCUT2D eigenvalue weighted by atomic mass is 32.2. The van der Waals surface area contributed by atoms with E-state index in [9.17, 15) is 17.6 Å². The van der Waals surface area contributed by atoms with Gasteiger partial charge in [0.05, 0.1) is 0 Å². The number of hydrogen-bond acceptors (Lipinski definition) is 3. The van der Waals surface area contributed by atoms with Crippen LogP contribution < -0.4 is 4.72 Å². The lowest BCUT2D eigenvalue weighted by Crippen LogP contribution is -2.41. The average molecular weight is 410 g/mol. The van der Waals surface area contributed by atoms with E-state index in [1.54, 1.807) is 6.07 Å². The Morgan fingerprint density at radius 1 is 1.25 bits per heavy atom. The molecule has 0 spiro atoms. The molecule has 0 heterocycles. The van der Waals surface area contributed by atoms with E-state index in [2.05, 4.69) is 4.72 Å². The quantitative estimate of drug-likeness (QED) is 0.441. The molecule has 154 valence electrons. The summed E-state index contributed by atoms with van der Waals surface area (Å²) in [5.74, 6) is -0.974. The van der Waals surface area contributed by atoms with Gasteiger partial charge in [-0.25, -0.2) is 17.5 Å². The van der Waals surface area contributed by atoms with Gasteiger partial charge in [0.25, 0.3) is 0 Å². The van der Waals surface area contributed by atoms with Gasteiger partial charge in [0, 0.05) is 17.9 Å². The van der Waals surface area contributed by atoms with E-state index in [0.29, 0.717) is 18.4 Å². The van der Waals surface area contributed by atoms with Crippen LogP contribution in [0.1, 0.15) is 56.9 Å². The molecular formula is C21H28FNO4S. The number of aliphatic carboxylic acids is 1. The van der Waals surface area contributed by atoms with Gasteiger partial charge in [-0.15, -0.1) is 0 Å². The van der Waals surface area contributed by atoms with Crippen molar-refractivity contribution in [3.05, 3.63) is 53.2 Å². The van der Waals surface area contributed by atoms with Crippen molar-refractivity contribution in [2.24, 2.45) is 5.92 Å². The van der Waals surface area contributed by atoms with Crippen LogP contribution in [0.4, 0.5) is 4.39 Å². The van der Waals surface area contributed by atoms with E-state index in [1.807, 2.05) is 12.2 Å². The first kappa shape index (κ1) is 22.3. The number of rotatable bonds is 10. The molecule has 2 rings (SSSR count). The lowest BCUT2D eigenvalue weighted by molar-refractivity contribution is -0.137. The van der Waals surface area contributed by atoms with Crippen molar-refractivity contribution in [2.45, 2.75) is 57.4 Å². The molecule has 7 heteroatoms. The Morgan fingerprint density at radius 2 is 2.04 bits per heavy atom. The highest BCUT2D eigenvalue weighted by Gasteiger charge is 2.27. The van der Waals surface area contributed by atoms with E-state index >= 15 is 0 Å². The van der Waals surface area contributed by atoms with Crippen LogP contribution in [0.15, 0.2) is 41.8 Å². The molecule has 0 aromatic heterocycles. The molecule has 1 aliphatic carbocycles. The number of carboxylic acid groups (broad SMARTS) is 1. The molecule has 0 bridgehead atoms. The molecule has 1 aromatic rings. The van der Waals surface area contributed by atoms with Crippen LogP contribution >= 0.6 is 0 Å². The summed E-state index contributed by atoms with van der Waals surface area (Å²) in [5, 5.41) is 9.73. The molecule has 1 saturated carbocycles. The predicted molar refractivity (Wildman–Crippen MR) is 108 cm³/mol. The van der Waals surface area contributed by atoms with Gasteiger partial charge >= 0.3 is 5.97 Å². The van der Waals surface area contributed by atoms with Crippen LogP contribution in [0.2, 0.25) is 0 Å². The summed E-state index contributed by atoms with van der Waals surface area (Å²) < 4.78 is 40.8. The number of allylic oxidation sites excluding steroid dienone is 2. The Morgan fingerprint density at radius 3 is 2.79 bits per heavy atom. The monoisotopic (exact) mass is 409 g/mol. The van der Waals surface area contributed by atoms with Gasteiger partial charge in [0.2, 0.25) is 10.0 Å². The molecule has 0 saturated heterocycles. The van der Waals surface area contributed by atoms with E-state index in [4.69, 9.17) is 5.11 Å². The first-order chi connectivity index (χ1) is 13.4. The molecule has 2 atom stereocenters. The zero-order valence-corrected chi connectivity index (χ0v) is 16.7. The third-order valence-electron chi connectivity index (χ3n) is 4.88. The maximum absolute atomic E-state index is 13.2. The second-order valence-electron chi connectivity index (χ2n) is 7.16. The molecule has 5 nitrogen and oxygen atoms in total. The van der Waals surface area contributed by atoms with Gasteiger partial charge in [-0.05, 0) is 61.8 Å². The topological polar surface area (TPSA) is 83.5 Å². The lowest BCUT2D eigenvalue weighted by atomic mass is 9.83. The molecule has 0 radical (unpaired) electrons. The fourth-order valence-corrected chi connectivity index (χ4v) is 4.58. The van der Waals surface area contributed by atoms with Crippen LogP contribution in [0.3, 0.4) is 0 Å².